The van der Waals surface area contributed by atoms with Crippen LogP contribution in [0.1, 0.15) is 46.0 Å². The SMILES string of the molecule is CCC1C[C@H](C)CCN2CCC[C@H]2C(=O)N1. The van der Waals surface area contributed by atoms with Crippen molar-refractivity contribution in [1.82, 2.24) is 10.2 Å². The average molecular weight is 224 g/mol. The molecule has 0 spiro atoms. The number of fused-ring (bicyclic) bond motifs is 1. The Labute approximate surface area is 98.6 Å². The lowest BCUT2D eigenvalue weighted by atomic mass is 9.97. The Morgan fingerprint density at radius 3 is 2.94 bits per heavy atom. The fourth-order valence-electron chi connectivity index (χ4n) is 3.01. The highest BCUT2D eigenvalue weighted by Crippen LogP contribution is 2.23. The van der Waals surface area contributed by atoms with E-state index < -0.39 is 0 Å². The normalized spacial score (nSPS) is 37.1. The number of nitrogens with one attached hydrogen (secondary N) is 1. The number of carbonyl (C=O) groups excluding carboxylic acids is 1. The van der Waals surface area contributed by atoms with Crippen LogP contribution < -0.4 is 5.32 Å². The molecule has 2 aliphatic rings. The summed E-state index contributed by atoms with van der Waals surface area (Å²) >= 11 is 0. The van der Waals surface area contributed by atoms with E-state index in [4.69, 9.17) is 0 Å². The molecule has 2 rings (SSSR count). The van der Waals surface area contributed by atoms with Gasteiger partial charge < -0.3 is 5.32 Å². The van der Waals surface area contributed by atoms with E-state index in [1.807, 2.05) is 0 Å². The molecule has 0 aliphatic carbocycles. The molecule has 0 radical (unpaired) electrons. The number of amides is 1. The summed E-state index contributed by atoms with van der Waals surface area (Å²) in [6.45, 7) is 6.70. The van der Waals surface area contributed by atoms with Crippen LogP contribution in [0.15, 0.2) is 0 Å². The van der Waals surface area contributed by atoms with Crippen molar-refractivity contribution in [3.8, 4) is 0 Å². The first-order valence-electron chi connectivity index (χ1n) is 6.75. The van der Waals surface area contributed by atoms with Crippen LogP contribution in [0.3, 0.4) is 0 Å². The molecule has 1 amide bonds. The van der Waals surface area contributed by atoms with Crippen LogP contribution in [0, 0.1) is 5.92 Å². The lowest BCUT2D eigenvalue weighted by Gasteiger charge is -2.23. The summed E-state index contributed by atoms with van der Waals surface area (Å²) in [5.74, 6) is 1.00. The Kier molecular flexibility index (Phi) is 3.85. The second kappa shape index (κ2) is 5.17. The van der Waals surface area contributed by atoms with Gasteiger partial charge in [-0.1, -0.05) is 13.8 Å². The topological polar surface area (TPSA) is 32.3 Å². The summed E-state index contributed by atoms with van der Waals surface area (Å²) in [5.41, 5.74) is 0. The molecule has 3 atom stereocenters. The molecule has 0 saturated carbocycles. The van der Waals surface area contributed by atoms with E-state index in [0.717, 1.165) is 38.3 Å². The van der Waals surface area contributed by atoms with Crippen LogP contribution in [0.5, 0.6) is 0 Å². The van der Waals surface area contributed by atoms with Crippen molar-refractivity contribution in [3.05, 3.63) is 0 Å². The monoisotopic (exact) mass is 224 g/mol. The zero-order chi connectivity index (χ0) is 11.5. The second-order valence-electron chi connectivity index (χ2n) is 5.44. The molecule has 2 saturated heterocycles. The number of nitrogens with zero attached hydrogens (tertiary/aromatic N) is 1. The predicted molar refractivity (Wildman–Crippen MR) is 65.2 cm³/mol. The molecule has 0 aromatic heterocycles. The molecule has 2 fully saturated rings. The maximum Gasteiger partial charge on any atom is 0.237 e. The first-order valence-corrected chi connectivity index (χ1v) is 6.75. The fourth-order valence-corrected chi connectivity index (χ4v) is 3.01. The summed E-state index contributed by atoms with van der Waals surface area (Å²) in [5, 5.41) is 3.23. The third-order valence-corrected chi connectivity index (χ3v) is 4.10. The number of hydrogen-bond acceptors (Lipinski definition) is 2. The van der Waals surface area contributed by atoms with Gasteiger partial charge in [-0.25, -0.2) is 0 Å². The van der Waals surface area contributed by atoms with Crippen molar-refractivity contribution >= 4 is 5.91 Å². The van der Waals surface area contributed by atoms with Gasteiger partial charge in [0.15, 0.2) is 0 Å². The van der Waals surface area contributed by atoms with Gasteiger partial charge in [0.1, 0.15) is 0 Å². The number of rotatable bonds is 1. The van der Waals surface area contributed by atoms with E-state index in [2.05, 4.69) is 24.1 Å². The van der Waals surface area contributed by atoms with Crippen molar-refractivity contribution < 1.29 is 4.79 Å². The standard InChI is InChI=1S/C13H24N2O/c1-3-11-9-10(2)6-8-15-7-4-5-12(15)13(16)14-11/h10-12H,3-9H2,1-2H3,(H,14,16)/t10-,11?,12+/m1/s1. The molecule has 16 heavy (non-hydrogen) atoms. The van der Waals surface area contributed by atoms with Gasteiger partial charge in [0.05, 0.1) is 6.04 Å². The lowest BCUT2D eigenvalue weighted by molar-refractivity contribution is -0.126. The second-order valence-corrected chi connectivity index (χ2v) is 5.44. The Bertz CT molecular complexity index is 254. The Balaban J connectivity index is 2.07. The molecule has 0 bridgehead atoms. The van der Waals surface area contributed by atoms with Crippen LogP contribution in [0.2, 0.25) is 0 Å². The largest absolute Gasteiger partial charge is 0.352 e. The van der Waals surface area contributed by atoms with E-state index in [1.165, 1.54) is 12.8 Å². The average Bonchev–Trinajstić information content (AvgIpc) is 2.73. The molecule has 3 heteroatoms. The smallest absolute Gasteiger partial charge is 0.237 e. The van der Waals surface area contributed by atoms with Gasteiger partial charge in [-0.2, -0.15) is 0 Å². The minimum absolute atomic E-state index is 0.166. The fraction of sp³-hybridized carbons (Fsp3) is 0.923. The number of carbonyl (C=O) groups is 1. The summed E-state index contributed by atoms with van der Waals surface area (Å²) in [7, 11) is 0. The Morgan fingerprint density at radius 1 is 1.38 bits per heavy atom. The van der Waals surface area contributed by atoms with Gasteiger partial charge in [0.25, 0.3) is 0 Å². The van der Waals surface area contributed by atoms with Crippen molar-refractivity contribution in [2.24, 2.45) is 5.92 Å². The van der Waals surface area contributed by atoms with Crippen LogP contribution in [0.25, 0.3) is 0 Å². The van der Waals surface area contributed by atoms with Gasteiger partial charge in [-0.05, 0) is 51.1 Å². The van der Waals surface area contributed by atoms with Crippen molar-refractivity contribution in [2.45, 2.75) is 58.0 Å². The predicted octanol–water partition coefficient (Wildman–Crippen LogP) is 1.78. The summed E-state index contributed by atoms with van der Waals surface area (Å²) in [6, 6.07) is 0.558. The van der Waals surface area contributed by atoms with Crippen LogP contribution >= 0.6 is 0 Å². The zero-order valence-corrected chi connectivity index (χ0v) is 10.5. The van der Waals surface area contributed by atoms with Crippen molar-refractivity contribution in [2.75, 3.05) is 13.1 Å². The molecular weight excluding hydrogens is 200 g/mol. The Hall–Kier alpha value is -0.570. The summed E-state index contributed by atoms with van der Waals surface area (Å²) in [4.78, 5) is 14.5. The molecule has 92 valence electrons. The maximum absolute atomic E-state index is 12.1. The Morgan fingerprint density at radius 2 is 2.19 bits per heavy atom. The van der Waals surface area contributed by atoms with Crippen molar-refractivity contribution in [1.29, 1.82) is 0 Å². The first-order chi connectivity index (χ1) is 7.70. The van der Waals surface area contributed by atoms with Gasteiger partial charge in [-0.3, -0.25) is 9.69 Å². The summed E-state index contributed by atoms with van der Waals surface area (Å²) in [6.07, 6.45) is 5.67. The highest BCUT2D eigenvalue weighted by atomic mass is 16.2. The van der Waals surface area contributed by atoms with Crippen LogP contribution in [0.4, 0.5) is 0 Å². The molecule has 3 nitrogen and oxygen atoms in total. The molecular formula is C13H24N2O. The third-order valence-electron chi connectivity index (χ3n) is 4.10. The molecule has 2 heterocycles. The summed E-state index contributed by atoms with van der Waals surface area (Å²) < 4.78 is 0. The lowest BCUT2D eigenvalue weighted by Crippen LogP contribution is -2.46. The number of hydrogen-bond donors (Lipinski definition) is 1. The van der Waals surface area contributed by atoms with E-state index >= 15 is 0 Å². The minimum atomic E-state index is 0.166. The molecule has 1 N–H and O–H groups in total. The minimum Gasteiger partial charge on any atom is -0.352 e. The van der Waals surface area contributed by atoms with Gasteiger partial charge >= 0.3 is 0 Å². The van der Waals surface area contributed by atoms with Crippen LogP contribution in [-0.4, -0.2) is 36.0 Å². The molecule has 0 aromatic carbocycles. The van der Waals surface area contributed by atoms with Crippen LogP contribution in [-0.2, 0) is 4.79 Å². The van der Waals surface area contributed by atoms with E-state index in [0.29, 0.717) is 6.04 Å². The van der Waals surface area contributed by atoms with E-state index in [1.54, 1.807) is 0 Å². The molecule has 1 unspecified atom stereocenters. The molecule has 0 aromatic rings. The van der Waals surface area contributed by atoms with E-state index in [9.17, 15) is 4.79 Å². The van der Waals surface area contributed by atoms with Gasteiger partial charge in [0.2, 0.25) is 5.91 Å². The zero-order valence-electron chi connectivity index (χ0n) is 10.5. The maximum atomic E-state index is 12.1. The quantitative estimate of drug-likeness (QED) is 0.736. The molecule has 2 aliphatic heterocycles. The van der Waals surface area contributed by atoms with Gasteiger partial charge in [0, 0.05) is 6.04 Å². The third kappa shape index (κ3) is 2.57. The van der Waals surface area contributed by atoms with Crippen molar-refractivity contribution in [3.63, 3.8) is 0 Å². The van der Waals surface area contributed by atoms with Gasteiger partial charge in [-0.15, -0.1) is 0 Å². The highest BCUT2D eigenvalue weighted by molar-refractivity contribution is 5.82. The van der Waals surface area contributed by atoms with E-state index in [-0.39, 0.29) is 11.9 Å². The highest BCUT2D eigenvalue weighted by Gasteiger charge is 2.32. The first kappa shape index (κ1) is 11.9.